The summed E-state index contributed by atoms with van der Waals surface area (Å²) < 4.78 is 4.84. The SMILES string of the molecule is CC(O)CN1COCC1=O. The van der Waals surface area contributed by atoms with E-state index in [1.807, 2.05) is 0 Å². The van der Waals surface area contributed by atoms with Crippen LogP contribution in [0.25, 0.3) is 0 Å². The molecule has 0 saturated carbocycles. The maximum absolute atomic E-state index is 10.8. The van der Waals surface area contributed by atoms with Crippen LogP contribution in [0.5, 0.6) is 0 Å². The van der Waals surface area contributed by atoms with Gasteiger partial charge in [0, 0.05) is 6.54 Å². The van der Waals surface area contributed by atoms with Crippen molar-refractivity contribution >= 4 is 5.91 Å². The first kappa shape index (κ1) is 7.50. The van der Waals surface area contributed by atoms with Gasteiger partial charge in [0.1, 0.15) is 13.3 Å². The van der Waals surface area contributed by atoms with Gasteiger partial charge < -0.3 is 14.7 Å². The van der Waals surface area contributed by atoms with Crippen LogP contribution in [-0.4, -0.2) is 41.9 Å². The third kappa shape index (κ3) is 1.68. The highest BCUT2D eigenvalue weighted by molar-refractivity contribution is 5.78. The van der Waals surface area contributed by atoms with E-state index in [1.165, 1.54) is 4.90 Å². The first-order chi connectivity index (χ1) is 4.70. The molecule has 58 valence electrons. The molecule has 0 aromatic heterocycles. The molecule has 0 aliphatic carbocycles. The number of hydrogen-bond acceptors (Lipinski definition) is 3. The van der Waals surface area contributed by atoms with Crippen LogP contribution >= 0.6 is 0 Å². The normalized spacial score (nSPS) is 21.8. The van der Waals surface area contributed by atoms with E-state index in [0.717, 1.165) is 0 Å². The molecule has 1 amide bonds. The molecule has 1 N–H and O–H groups in total. The summed E-state index contributed by atoms with van der Waals surface area (Å²) in [7, 11) is 0. The van der Waals surface area contributed by atoms with E-state index >= 15 is 0 Å². The number of carbonyl (C=O) groups excluding carboxylic acids is 1. The van der Waals surface area contributed by atoms with Crippen molar-refractivity contribution in [2.75, 3.05) is 19.9 Å². The first-order valence-electron chi connectivity index (χ1n) is 3.23. The van der Waals surface area contributed by atoms with Crippen molar-refractivity contribution in [1.82, 2.24) is 4.90 Å². The average molecular weight is 145 g/mol. The second kappa shape index (κ2) is 2.98. The predicted octanol–water partition coefficient (Wildman–Crippen LogP) is -0.817. The third-order valence-electron chi connectivity index (χ3n) is 1.31. The lowest BCUT2D eigenvalue weighted by Gasteiger charge is -2.14. The Balaban J connectivity index is 2.33. The van der Waals surface area contributed by atoms with Crippen LogP contribution in [0.2, 0.25) is 0 Å². The van der Waals surface area contributed by atoms with Crippen molar-refractivity contribution in [3.05, 3.63) is 0 Å². The van der Waals surface area contributed by atoms with Crippen LogP contribution in [0.15, 0.2) is 0 Å². The van der Waals surface area contributed by atoms with Gasteiger partial charge >= 0.3 is 0 Å². The highest BCUT2D eigenvalue weighted by Crippen LogP contribution is 2.01. The number of β-amino-alcohol motifs (C(OH)–C–C–N with tert-alkyl or cyclic N) is 1. The Morgan fingerprint density at radius 3 is 3.00 bits per heavy atom. The van der Waals surface area contributed by atoms with Gasteiger partial charge in [0.25, 0.3) is 5.91 Å². The van der Waals surface area contributed by atoms with E-state index in [1.54, 1.807) is 6.92 Å². The van der Waals surface area contributed by atoms with Crippen molar-refractivity contribution < 1.29 is 14.6 Å². The number of carbonyl (C=O) groups is 1. The maximum Gasteiger partial charge on any atom is 0.250 e. The van der Waals surface area contributed by atoms with E-state index < -0.39 is 6.10 Å². The standard InChI is InChI=1S/C6H11NO3/c1-5(8)2-7-4-10-3-6(7)9/h5,8H,2-4H2,1H3. The van der Waals surface area contributed by atoms with Crippen LogP contribution in [0, 0.1) is 0 Å². The van der Waals surface area contributed by atoms with Gasteiger partial charge in [0.05, 0.1) is 6.10 Å². The number of amides is 1. The minimum atomic E-state index is -0.467. The van der Waals surface area contributed by atoms with Gasteiger partial charge in [-0.3, -0.25) is 4.79 Å². The molecule has 1 rings (SSSR count). The fraction of sp³-hybridized carbons (Fsp3) is 0.833. The van der Waals surface area contributed by atoms with Crippen LogP contribution in [0.1, 0.15) is 6.92 Å². The zero-order chi connectivity index (χ0) is 7.56. The van der Waals surface area contributed by atoms with Crippen LogP contribution in [0.4, 0.5) is 0 Å². The zero-order valence-corrected chi connectivity index (χ0v) is 5.91. The van der Waals surface area contributed by atoms with Crippen molar-refractivity contribution in [1.29, 1.82) is 0 Å². The van der Waals surface area contributed by atoms with E-state index in [-0.39, 0.29) is 12.5 Å². The minimum absolute atomic E-state index is 0.0408. The highest BCUT2D eigenvalue weighted by atomic mass is 16.5. The molecule has 0 aromatic carbocycles. The fourth-order valence-corrected chi connectivity index (χ4v) is 0.880. The Bertz CT molecular complexity index is 135. The summed E-state index contributed by atoms with van der Waals surface area (Å²) in [5.74, 6) is -0.0408. The summed E-state index contributed by atoms with van der Waals surface area (Å²) in [5, 5.41) is 8.88. The molecule has 0 aromatic rings. The fourth-order valence-electron chi connectivity index (χ4n) is 0.880. The lowest BCUT2D eigenvalue weighted by atomic mass is 10.4. The van der Waals surface area contributed by atoms with Crippen LogP contribution in [-0.2, 0) is 9.53 Å². The van der Waals surface area contributed by atoms with Gasteiger partial charge in [0.2, 0.25) is 0 Å². The Morgan fingerprint density at radius 2 is 2.60 bits per heavy atom. The second-order valence-electron chi connectivity index (χ2n) is 2.44. The Labute approximate surface area is 59.4 Å². The van der Waals surface area contributed by atoms with Crippen LogP contribution in [0.3, 0.4) is 0 Å². The molecular weight excluding hydrogens is 134 g/mol. The van der Waals surface area contributed by atoms with Crippen molar-refractivity contribution in [3.63, 3.8) is 0 Å². The van der Waals surface area contributed by atoms with Gasteiger partial charge in [-0.1, -0.05) is 0 Å². The number of rotatable bonds is 2. The van der Waals surface area contributed by atoms with Crippen molar-refractivity contribution in [3.8, 4) is 0 Å². The minimum Gasteiger partial charge on any atom is -0.392 e. The summed E-state index contributed by atoms with van der Waals surface area (Å²) in [6, 6.07) is 0. The topological polar surface area (TPSA) is 49.8 Å². The third-order valence-corrected chi connectivity index (χ3v) is 1.31. The summed E-state index contributed by atoms with van der Waals surface area (Å²) in [4.78, 5) is 12.3. The van der Waals surface area contributed by atoms with Crippen molar-refractivity contribution in [2.45, 2.75) is 13.0 Å². The molecular formula is C6H11NO3. The second-order valence-corrected chi connectivity index (χ2v) is 2.44. The number of aliphatic hydroxyl groups is 1. The number of hydrogen-bond donors (Lipinski definition) is 1. The summed E-state index contributed by atoms with van der Waals surface area (Å²) in [5.41, 5.74) is 0. The molecule has 10 heavy (non-hydrogen) atoms. The molecule has 0 spiro atoms. The van der Waals surface area contributed by atoms with Gasteiger partial charge in [-0.15, -0.1) is 0 Å². The lowest BCUT2D eigenvalue weighted by molar-refractivity contribution is -0.127. The van der Waals surface area contributed by atoms with E-state index in [0.29, 0.717) is 13.3 Å². The van der Waals surface area contributed by atoms with E-state index in [2.05, 4.69) is 0 Å². The zero-order valence-electron chi connectivity index (χ0n) is 5.91. The Kier molecular flexibility index (Phi) is 2.24. The molecule has 0 radical (unpaired) electrons. The Morgan fingerprint density at radius 1 is 1.90 bits per heavy atom. The average Bonchev–Trinajstić information content (AvgIpc) is 2.15. The van der Waals surface area contributed by atoms with Gasteiger partial charge in [-0.05, 0) is 6.92 Å². The first-order valence-corrected chi connectivity index (χ1v) is 3.23. The summed E-state index contributed by atoms with van der Waals surface area (Å²) in [6.45, 7) is 2.50. The highest BCUT2D eigenvalue weighted by Gasteiger charge is 2.21. The van der Waals surface area contributed by atoms with Gasteiger partial charge in [0.15, 0.2) is 0 Å². The van der Waals surface area contributed by atoms with E-state index in [4.69, 9.17) is 9.84 Å². The van der Waals surface area contributed by atoms with Crippen LogP contribution < -0.4 is 0 Å². The number of aliphatic hydroxyl groups excluding tert-OH is 1. The quantitative estimate of drug-likeness (QED) is 0.552. The summed E-state index contributed by atoms with van der Waals surface area (Å²) >= 11 is 0. The molecule has 1 atom stereocenters. The molecule has 4 heteroatoms. The molecule has 0 bridgehead atoms. The largest absolute Gasteiger partial charge is 0.392 e. The molecule has 1 aliphatic rings. The summed E-state index contributed by atoms with van der Waals surface area (Å²) in [6.07, 6.45) is -0.467. The molecule has 1 heterocycles. The molecule has 1 saturated heterocycles. The number of ether oxygens (including phenoxy) is 1. The lowest BCUT2D eigenvalue weighted by Crippen LogP contribution is -2.32. The maximum atomic E-state index is 10.8. The smallest absolute Gasteiger partial charge is 0.250 e. The van der Waals surface area contributed by atoms with Gasteiger partial charge in [-0.2, -0.15) is 0 Å². The van der Waals surface area contributed by atoms with Crippen molar-refractivity contribution in [2.24, 2.45) is 0 Å². The van der Waals surface area contributed by atoms with Gasteiger partial charge in [-0.25, -0.2) is 0 Å². The Hall–Kier alpha value is -0.610. The predicted molar refractivity (Wildman–Crippen MR) is 34.2 cm³/mol. The monoisotopic (exact) mass is 145 g/mol. The molecule has 1 fully saturated rings. The molecule has 4 nitrogen and oxygen atoms in total. The molecule has 1 unspecified atom stereocenters. The molecule has 1 aliphatic heterocycles. The van der Waals surface area contributed by atoms with E-state index in [9.17, 15) is 4.79 Å². The number of nitrogens with zero attached hydrogens (tertiary/aromatic N) is 1.